The van der Waals surface area contributed by atoms with E-state index in [2.05, 4.69) is 76.0 Å². The Morgan fingerprint density at radius 1 is 1.03 bits per heavy atom. The lowest BCUT2D eigenvalue weighted by molar-refractivity contribution is 0.568. The molecule has 2 aromatic heterocycles. The number of aliphatic imine (C=N–C) groups is 1. The lowest BCUT2D eigenvalue weighted by atomic mass is 9.98. The van der Waals surface area contributed by atoms with Crippen LogP contribution in [0.5, 0.6) is 0 Å². The topological polar surface area (TPSA) is 56.2 Å². The monoisotopic (exact) mass is 436 g/mol. The van der Waals surface area contributed by atoms with Crippen molar-refractivity contribution < 1.29 is 4.42 Å². The summed E-state index contributed by atoms with van der Waals surface area (Å²) in [5, 5.41) is 0. The summed E-state index contributed by atoms with van der Waals surface area (Å²) in [5.41, 5.74) is 11.2. The molecule has 4 aromatic rings. The minimum atomic E-state index is -1.48. The van der Waals surface area contributed by atoms with E-state index in [1.807, 2.05) is 31.5 Å². The summed E-state index contributed by atoms with van der Waals surface area (Å²) in [5.74, 6) is 4.09. The molecule has 0 saturated heterocycles. The van der Waals surface area contributed by atoms with Gasteiger partial charge in [-0.2, -0.15) is 0 Å². The van der Waals surface area contributed by atoms with Crippen molar-refractivity contribution in [1.29, 1.82) is 0 Å². The summed E-state index contributed by atoms with van der Waals surface area (Å²) in [6.45, 7) is 9.18. The minimum absolute atomic E-state index is 0.490. The van der Waals surface area contributed by atoms with Crippen LogP contribution in [0.15, 0.2) is 70.7 Å². The van der Waals surface area contributed by atoms with Gasteiger partial charge in [-0.15, -0.1) is 5.54 Å². The van der Waals surface area contributed by atoms with E-state index < -0.39 is 8.07 Å². The molecular formula is C26H24N4OSi. The second-order valence-electron chi connectivity index (χ2n) is 8.94. The van der Waals surface area contributed by atoms with Crippen LogP contribution in [0.3, 0.4) is 0 Å². The molecule has 5 nitrogen and oxygen atoms in total. The number of fused-ring (bicyclic) bond motifs is 3. The van der Waals surface area contributed by atoms with Crippen LogP contribution in [0.25, 0.3) is 17.1 Å². The summed E-state index contributed by atoms with van der Waals surface area (Å²) < 4.78 is 7.76. The Hall–Kier alpha value is -3.69. The predicted molar refractivity (Wildman–Crippen MR) is 130 cm³/mol. The summed E-state index contributed by atoms with van der Waals surface area (Å²) >= 11 is 0. The molecule has 1 aliphatic heterocycles. The van der Waals surface area contributed by atoms with Crippen LogP contribution in [0, 0.1) is 18.4 Å². The zero-order chi connectivity index (χ0) is 22.3. The molecule has 1 aliphatic rings. The van der Waals surface area contributed by atoms with Crippen molar-refractivity contribution in [2.24, 2.45) is 4.99 Å². The average Bonchev–Trinajstić information content (AvgIpc) is 3.34. The highest BCUT2D eigenvalue weighted by molar-refractivity contribution is 6.83. The van der Waals surface area contributed by atoms with Gasteiger partial charge in [-0.05, 0) is 25.1 Å². The molecule has 0 fully saturated rings. The van der Waals surface area contributed by atoms with Gasteiger partial charge < -0.3 is 4.42 Å². The van der Waals surface area contributed by atoms with Crippen molar-refractivity contribution >= 4 is 13.8 Å². The minimum Gasteiger partial charge on any atom is -0.441 e. The van der Waals surface area contributed by atoms with Gasteiger partial charge in [0.1, 0.15) is 20.1 Å². The van der Waals surface area contributed by atoms with Crippen LogP contribution in [-0.2, 0) is 6.54 Å². The largest absolute Gasteiger partial charge is 0.441 e. The van der Waals surface area contributed by atoms with Gasteiger partial charge in [-0.3, -0.25) is 9.56 Å². The molecule has 0 radical (unpaired) electrons. The van der Waals surface area contributed by atoms with Crippen molar-refractivity contribution in [1.82, 2.24) is 14.5 Å². The normalized spacial score (nSPS) is 12.8. The Labute approximate surface area is 188 Å². The van der Waals surface area contributed by atoms with Gasteiger partial charge in [-0.25, -0.2) is 9.97 Å². The van der Waals surface area contributed by atoms with E-state index in [9.17, 15) is 0 Å². The van der Waals surface area contributed by atoms with Gasteiger partial charge in [0.05, 0.1) is 29.3 Å². The lowest BCUT2D eigenvalue weighted by Gasteiger charge is -2.12. The van der Waals surface area contributed by atoms with Crippen LogP contribution in [0.2, 0.25) is 19.6 Å². The highest BCUT2D eigenvalue weighted by Crippen LogP contribution is 2.32. The van der Waals surface area contributed by atoms with Crippen molar-refractivity contribution in [3.8, 4) is 28.6 Å². The molecule has 0 spiro atoms. The maximum atomic E-state index is 5.65. The maximum absolute atomic E-state index is 5.65. The first-order valence-corrected chi connectivity index (χ1v) is 14.2. The van der Waals surface area contributed by atoms with Gasteiger partial charge in [0.25, 0.3) is 0 Å². The quantitative estimate of drug-likeness (QED) is 0.312. The molecule has 0 aliphatic carbocycles. The predicted octanol–water partition coefficient (Wildman–Crippen LogP) is 5.42. The standard InChI is InChI=1S/C26H24N4OSi/c1-18-26(31-17-29-18)25-23-15-27-24(20-8-6-5-7-9-20)21-14-19(12-13-32(2,3)4)10-11-22(21)30(23)16-28-25/h5-11,14,16-17H,15H2,1-4H3. The van der Waals surface area contributed by atoms with Crippen LogP contribution in [-0.4, -0.2) is 28.3 Å². The molecule has 158 valence electrons. The van der Waals surface area contributed by atoms with Crippen LogP contribution >= 0.6 is 0 Å². The summed E-state index contributed by atoms with van der Waals surface area (Å²) in [7, 11) is -1.48. The second kappa shape index (κ2) is 7.77. The Balaban J connectivity index is 1.72. The first-order valence-electron chi connectivity index (χ1n) is 10.7. The molecule has 32 heavy (non-hydrogen) atoms. The number of aromatic nitrogens is 3. The lowest BCUT2D eigenvalue weighted by Crippen LogP contribution is -2.16. The fourth-order valence-corrected chi connectivity index (χ4v) is 4.33. The Morgan fingerprint density at radius 2 is 1.84 bits per heavy atom. The van der Waals surface area contributed by atoms with Crippen LogP contribution in [0.4, 0.5) is 0 Å². The molecule has 3 heterocycles. The first-order chi connectivity index (χ1) is 15.4. The van der Waals surface area contributed by atoms with E-state index in [4.69, 9.17) is 9.41 Å². The molecule has 0 unspecified atom stereocenters. The summed E-state index contributed by atoms with van der Waals surface area (Å²) in [4.78, 5) is 14.0. The smallest absolute Gasteiger partial charge is 0.181 e. The molecule has 0 amide bonds. The Bertz CT molecular complexity index is 1400. The molecule has 0 N–H and O–H groups in total. The zero-order valence-electron chi connectivity index (χ0n) is 18.7. The highest BCUT2D eigenvalue weighted by atomic mass is 28.3. The third-order valence-electron chi connectivity index (χ3n) is 5.35. The third kappa shape index (κ3) is 3.72. The number of nitrogens with zero attached hydrogens (tertiary/aromatic N) is 4. The van der Waals surface area contributed by atoms with Gasteiger partial charge in [0, 0.05) is 16.7 Å². The van der Waals surface area contributed by atoms with E-state index in [1.54, 1.807) is 0 Å². The van der Waals surface area contributed by atoms with Gasteiger partial charge in [0.2, 0.25) is 0 Å². The Kier molecular flexibility index (Phi) is 4.91. The van der Waals surface area contributed by atoms with E-state index in [1.165, 1.54) is 6.39 Å². The molecule has 2 aromatic carbocycles. The van der Waals surface area contributed by atoms with E-state index in [0.717, 1.165) is 45.2 Å². The van der Waals surface area contributed by atoms with Crippen LogP contribution < -0.4 is 0 Å². The molecule has 5 rings (SSSR count). The summed E-state index contributed by atoms with van der Waals surface area (Å²) in [6.07, 6.45) is 3.31. The maximum Gasteiger partial charge on any atom is 0.181 e. The number of hydrogen-bond acceptors (Lipinski definition) is 4. The SMILES string of the molecule is Cc1ncoc1-c1ncn2c1CN=C(c1ccccc1)c1cc(C#C[Si](C)(C)C)ccc1-2. The van der Waals surface area contributed by atoms with Crippen molar-refractivity contribution in [3.05, 3.63) is 89.3 Å². The molecular weight excluding hydrogens is 412 g/mol. The van der Waals surface area contributed by atoms with E-state index in [-0.39, 0.29) is 0 Å². The van der Waals surface area contributed by atoms with Gasteiger partial charge in [-0.1, -0.05) is 55.9 Å². The van der Waals surface area contributed by atoms with Gasteiger partial charge >= 0.3 is 0 Å². The fourth-order valence-electron chi connectivity index (χ4n) is 3.81. The highest BCUT2D eigenvalue weighted by Gasteiger charge is 2.24. The Morgan fingerprint density at radius 3 is 2.56 bits per heavy atom. The molecule has 6 heteroatoms. The molecule has 0 atom stereocenters. The van der Waals surface area contributed by atoms with Crippen molar-refractivity contribution in [3.63, 3.8) is 0 Å². The third-order valence-corrected chi connectivity index (χ3v) is 6.23. The number of benzene rings is 2. The number of aryl methyl sites for hydroxylation is 1. The van der Waals surface area contributed by atoms with E-state index in [0.29, 0.717) is 12.3 Å². The zero-order valence-corrected chi connectivity index (χ0v) is 19.7. The molecule has 0 saturated carbocycles. The number of rotatable bonds is 2. The van der Waals surface area contributed by atoms with E-state index >= 15 is 0 Å². The van der Waals surface area contributed by atoms with Crippen LogP contribution in [0.1, 0.15) is 28.1 Å². The average molecular weight is 437 g/mol. The molecule has 0 bridgehead atoms. The van der Waals surface area contributed by atoms with Gasteiger partial charge in [0.15, 0.2) is 12.2 Å². The number of hydrogen-bond donors (Lipinski definition) is 0. The first kappa shape index (κ1) is 20.2. The number of imidazole rings is 1. The summed E-state index contributed by atoms with van der Waals surface area (Å²) in [6, 6.07) is 16.7. The van der Waals surface area contributed by atoms with Crippen molar-refractivity contribution in [2.45, 2.75) is 33.1 Å². The number of oxazole rings is 1. The fraction of sp³-hybridized carbons (Fsp3) is 0.192. The van der Waals surface area contributed by atoms with Crippen molar-refractivity contribution in [2.75, 3.05) is 0 Å². The second-order valence-corrected chi connectivity index (χ2v) is 13.7.